The molecule has 4 aromatic rings. The van der Waals surface area contributed by atoms with Crippen LogP contribution in [0.3, 0.4) is 0 Å². The highest BCUT2D eigenvalue weighted by Crippen LogP contribution is 2.24. The highest BCUT2D eigenvalue weighted by atomic mass is 32.1. The molecule has 0 fully saturated rings. The highest BCUT2D eigenvalue weighted by molar-refractivity contribution is 7.08. The number of amides is 2. The van der Waals surface area contributed by atoms with Crippen molar-refractivity contribution < 1.29 is 9.59 Å². The van der Waals surface area contributed by atoms with Crippen LogP contribution in [-0.2, 0) is 4.79 Å². The molecule has 2 aromatic heterocycles. The summed E-state index contributed by atoms with van der Waals surface area (Å²) in [6.07, 6.45) is 0. The van der Waals surface area contributed by atoms with Crippen LogP contribution < -0.4 is 10.6 Å². The summed E-state index contributed by atoms with van der Waals surface area (Å²) in [5.74, 6) is 0.480. The zero-order valence-corrected chi connectivity index (χ0v) is 15.3. The van der Waals surface area contributed by atoms with Gasteiger partial charge >= 0.3 is 0 Å². The van der Waals surface area contributed by atoms with E-state index in [1.54, 1.807) is 6.07 Å². The number of nitrogens with zero attached hydrogens (tertiary/aromatic N) is 1. The van der Waals surface area contributed by atoms with Gasteiger partial charge < -0.3 is 15.6 Å². The SMILES string of the molecule is CC(=O)Nc1ccc2nc(-c3ccc(NC(=O)c4ccsc4)cc3)[nH]c2c1. The summed E-state index contributed by atoms with van der Waals surface area (Å²) >= 11 is 1.49. The van der Waals surface area contributed by atoms with Gasteiger partial charge in [0.05, 0.1) is 16.6 Å². The van der Waals surface area contributed by atoms with E-state index in [1.807, 2.05) is 53.2 Å². The van der Waals surface area contributed by atoms with Crippen LogP contribution in [0.4, 0.5) is 11.4 Å². The van der Waals surface area contributed by atoms with E-state index in [0.29, 0.717) is 5.56 Å². The molecule has 0 aliphatic carbocycles. The summed E-state index contributed by atoms with van der Waals surface area (Å²) in [6, 6.07) is 14.8. The van der Waals surface area contributed by atoms with Crippen LogP contribution in [0.1, 0.15) is 17.3 Å². The molecule has 0 saturated heterocycles. The lowest BCUT2D eigenvalue weighted by molar-refractivity contribution is -0.114. The van der Waals surface area contributed by atoms with E-state index in [0.717, 1.165) is 33.8 Å². The molecular formula is C20H16N4O2S. The van der Waals surface area contributed by atoms with E-state index in [2.05, 4.69) is 20.6 Å². The van der Waals surface area contributed by atoms with Gasteiger partial charge in [0.25, 0.3) is 5.91 Å². The number of carbonyl (C=O) groups excluding carboxylic acids is 2. The van der Waals surface area contributed by atoms with Crippen molar-refractivity contribution in [3.63, 3.8) is 0 Å². The lowest BCUT2D eigenvalue weighted by atomic mass is 10.2. The Hall–Kier alpha value is -3.45. The Morgan fingerprint density at radius 1 is 1.00 bits per heavy atom. The van der Waals surface area contributed by atoms with Gasteiger partial charge in [0.15, 0.2) is 0 Å². The second-order valence-corrected chi connectivity index (χ2v) is 6.82. The van der Waals surface area contributed by atoms with Gasteiger partial charge in [0.1, 0.15) is 5.82 Å². The lowest BCUT2D eigenvalue weighted by Crippen LogP contribution is -2.10. The average Bonchev–Trinajstić information content (AvgIpc) is 3.31. The first-order valence-corrected chi connectivity index (χ1v) is 9.24. The maximum Gasteiger partial charge on any atom is 0.256 e. The number of imidazole rings is 1. The quantitative estimate of drug-likeness (QED) is 0.490. The number of thiophene rings is 1. The van der Waals surface area contributed by atoms with Crippen molar-refractivity contribution >= 4 is 45.6 Å². The van der Waals surface area contributed by atoms with E-state index in [-0.39, 0.29) is 11.8 Å². The first-order chi connectivity index (χ1) is 13.1. The maximum absolute atomic E-state index is 12.1. The van der Waals surface area contributed by atoms with Crippen molar-refractivity contribution in [3.8, 4) is 11.4 Å². The second kappa shape index (κ2) is 7.05. The van der Waals surface area contributed by atoms with Crippen LogP contribution in [-0.4, -0.2) is 21.8 Å². The number of anilines is 2. The number of benzene rings is 2. The Labute approximate surface area is 159 Å². The Morgan fingerprint density at radius 3 is 2.48 bits per heavy atom. The second-order valence-electron chi connectivity index (χ2n) is 6.04. The van der Waals surface area contributed by atoms with Gasteiger partial charge in [-0.05, 0) is 53.9 Å². The topological polar surface area (TPSA) is 86.9 Å². The summed E-state index contributed by atoms with van der Waals surface area (Å²) in [7, 11) is 0. The molecule has 0 unspecified atom stereocenters. The fraction of sp³-hybridized carbons (Fsp3) is 0.0500. The molecule has 2 amide bonds. The van der Waals surface area contributed by atoms with Gasteiger partial charge in [0, 0.05) is 29.2 Å². The molecule has 27 heavy (non-hydrogen) atoms. The average molecular weight is 376 g/mol. The van der Waals surface area contributed by atoms with Crippen molar-refractivity contribution in [3.05, 3.63) is 64.9 Å². The van der Waals surface area contributed by atoms with E-state index in [9.17, 15) is 9.59 Å². The van der Waals surface area contributed by atoms with Crippen molar-refractivity contribution in [2.24, 2.45) is 0 Å². The summed E-state index contributed by atoms with van der Waals surface area (Å²) in [4.78, 5) is 31.1. The van der Waals surface area contributed by atoms with Crippen LogP contribution in [0.25, 0.3) is 22.4 Å². The minimum atomic E-state index is -0.127. The molecule has 0 atom stereocenters. The molecule has 0 aliphatic rings. The maximum atomic E-state index is 12.1. The summed E-state index contributed by atoms with van der Waals surface area (Å²) in [5, 5.41) is 9.31. The minimum absolute atomic E-state index is 0.117. The van der Waals surface area contributed by atoms with Gasteiger partial charge in [-0.25, -0.2) is 4.98 Å². The molecular weight excluding hydrogens is 360 g/mol. The number of hydrogen-bond donors (Lipinski definition) is 3. The van der Waals surface area contributed by atoms with Gasteiger partial charge in [-0.3, -0.25) is 9.59 Å². The standard InChI is InChI=1S/C20H16N4O2S/c1-12(25)21-16-6-7-17-18(10-16)24-19(23-17)13-2-4-15(5-3-13)22-20(26)14-8-9-27-11-14/h2-11H,1H3,(H,21,25)(H,22,26)(H,23,24). The van der Waals surface area contributed by atoms with E-state index in [1.165, 1.54) is 18.3 Å². The van der Waals surface area contributed by atoms with Crippen LogP contribution in [0.15, 0.2) is 59.3 Å². The third-order valence-corrected chi connectivity index (χ3v) is 4.69. The molecule has 3 N–H and O–H groups in total. The van der Waals surface area contributed by atoms with Gasteiger partial charge in [-0.15, -0.1) is 0 Å². The number of fused-ring (bicyclic) bond motifs is 1. The normalized spacial score (nSPS) is 10.7. The number of hydrogen-bond acceptors (Lipinski definition) is 4. The molecule has 2 aromatic carbocycles. The third kappa shape index (κ3) is 3.73. The number of aromatic nitrogens is 2. The molecule has 0 saturated carbocycles. The van der Waals surface area contributed by atoms with E-state index in [4.69, 9.17) is 0 Å². The summed E-state index contributed by atoms with van der Waals surface area (Å²) < 4.78 is 0. The van der Waals surface area contributed by atoms with Crippen LogP contribution in [0, 0.1) is 0 Å². The number of H-pyrrole nitrogens is 1. The highest BCUT2D eigenvalue weighted by Gasteiger charge is 2.09. The molecule has 134 valence electrons. The number of carbonyl (C=O) groups is 2. The van der Waals surface area contributed by atoms with Crippen molar-refractivity contribution in [2.45, 2.75) is 6.92 Å². The van der Waals surface area contributed by atoms with Crippen LogP contribution >= 0.6 is 11.3 Å². The molecule has 2 heterocycles. The van der Waals surface area contributed by atoms with Gasteiger partial charge in [-0.1, -0.05) is 0 Å². The first kappa shape index (κ1) is 17.0. The predicted molar refractivity (Wildman–Crippen MR) is 108 cm³/mol. The Kier molecular flexibility index (Phi) is 4.43. The fourth-order valence-corrected chi connectivity index (χ4v) is 3.37. The zero-order chi connectivity index (χ0) is 18.8. The molecule has 0 spiro atoms. The molecule has 0 radical (unpaired) electrons. The fourth-order valence-electron chi connectivity index (χ4n) is 2.74. The monoisotopic (exact) mass is 376 g/mol. The Balaban J connectivity index is 1.54. The van der Waals surface area contributed by atoms with E-state index >= 15 is 0 Å². The summed E-state index contributed by atoms with van der Waals surface area (Å²) in [5.41, 5.74) is 4.65. The lowest BCUT2D eigenvalue weighted by Gasteiger charge is -2.04. The number of rotatable bonds is 4. The van der Waals surface area contributed by atoms with Crippen molar-refractivity contribution in [2.75, 3.05) is 10.6 Å². The zero-order valence-electron chi connectivity index (χ0n) is 14.4. The smallest absolute Gasteiger partial charge is 0.256 e. The Morgan fingerprint density at radius 2 is 1.78 bits per heavy atom. The predicted octanol–water partition coefficient (Wildman–Crippen LogP) is 4.50. The summed E-state index contributed by atoms with van der Waals surface area (Å²) in [6.45, 7) is 1.47. The molecule has 7 heteroatoms. The van der Waals surface area contributed by atoms with Gasteiger partial charge in [0.2, 0.25) is 5.91 Å². The van der Waals surface area contributed by atoms with Crippen molar-refractivity contribution in [1.82, 2.24) is 9.97 Å². The third-order valence-electron chi connectivity index (χ3n) is 4.00. The Bertz CT molecular complexity index is 1110. The van der Waals surface area contributed by atoms with Gasteiger partial charge in [-0.2, -0.15) is 11.3 Å². The first-order valence-electron chi connectivity index (χ1n) is 8.30. The van der Waals surface area contributed by atoms with E-state index < -0.39 is 0 Å². The van der Waals surface area contributed by atoms with Crippen molar-refractivity contribution in [1.29, 1.82) is 0 Å². The molecule has 0 aliphatic heterocycles. The number of nitrogens with one attached hydrogen (secondary N) is 3. The molecule has 4 rings (SSSR count). The minimum Gasteiger partial charge on any atom is -0.338 e. The molecule has 0 bridgehead atoms. The molecule has 6 nitrogen and oxygen atoms in total. The largest absolute Gasteiger partial charge is 0.338 e. The number of aromatic amines is 1. The van der Waals surface area contributed by atoms with Crippen LogP contribution in [0.2, 0.25) is 0 Å². The van der Waals surface area contributed by atoms with Crippen LogP contribution in [0.5, 0.6) is 0 Å².